The van der Waals surface area contributed by atoms with Crippen molar-refractivity contribution in [1.29, 1.82) is 0 Å². The fourth-order valence-corrected chi connectivity index (χ4v) is 1.95. The van der Waals surface area contributed by atoms with Crippen molar-refractivity contribution in [2.24, 2.45) is 0 Å². The SMILES string of the molecule is Cc1cccnc1CNC(C)c1ccc(Cl)cc1. The molecular weight excluding hydrogens is 244 g/mol. The van der Waals surface area contributed by atoms with Gasteiger partial charge in [0.05, 0.1) is 5.69 Å². The van der Waals surface area contributed by atoms with Crippen LogP contribution in [0.1, 0.15) is 29.8 Å². The molecule has 1 heterocycles. The molecule has 0 amide bonds. The lowest BCUT2D eigenvalue weighted by molar-refractivity contribution is 0.566. The number of nitrogens with one attached hydrogen (secondary N) is 1. The Morgan fingerprint density at radius 3 is 2.61 bits per heavy atom. The summed E-state index contributed by atoms with van der Waals surface area (Å²) in [6, 6.07) is 12.3. The van der Waals surface area contributed by atoms with Gasteiger partial charge in [0.1, 0.15) is 0 Å². The van der Waals surface area contributed by atoms with Crippen molar-refractivity contribution in [3.05, 3.63) is 64.4 Å². The van der Waals surface area contributed by atoms with Gasteiger partial charge in [-0.3, -0.25) is 4.98 Å². The lowest BCUT2D eigenvalue weighted by atomic mass is 10.1. The molecular formula is C15H17ClN2. The van der Waals surface area contributed by atoms with Crippen molar-refractivity contribution in [3.63, 3.8) is 0 Å². The minimum atomic E-state index is 0.281. The van der Waals surface area contributed by atoms with Crippen LogP contribution in [0.15, 0.2) is 42.6 Å². The van der Waals surface area contributed by atoms with Crippen molar-refractivity contribution in [2.45, 2.75) is 26.4 Å². The van der Waals surface area contributed by atoms with Gasteiger partial charge in [-0.05, 0) is 43.2 Å². The van der Waals surface area contributed by atoms with E-state index in [9.17, 15) is 0 Å². The number of halogens is 1. The van der Waals surface area contributed by atoms with E-state index < -0.39 is 0 Å². The average molecular weight is 261 g/mol. The maximum absolute atomic E-state index is 5.88. The van der Waals surface area contributed by atoms with Crippen molar-refractivity contribution in [1.82, 2.24) is 10.3 Å². The quantitative estimate of drug-likeness (QED) is 0.902. The Kier molecular flexibility index (Phi) is 4.34. The molecule has 2 aromatic rings. The second kappa shape index (κ2) is 5.98. The van der Waals surface area contributed by atoms with Crippen LogP contribution in [-0.2, 0) is 6.54 Å². The zero-order valence-corrected chi connectivity index (χ0v) is 11.4. The molecule has 1 unspecified atom stereocenters. The molecule has 1 atom stereocenters. The first-order valence-electron chi connectivity index (χ1n) is 6.06. The standard InChI is InChI=1S/C15H17ClN2/c1-11-4-3-9-17-15(11)10-18-12(2)13-5-7-14(16)8-6-13/h3-9,12,18H,10H2,1-2H3. The molecule has 0 fully saturated rings. The Morgan fingerprint density at radius 2 is 1.94 bits per heavy atom. The van der Waals surface area contributed by atoms with E-state index in [1.807, 2.05) is 36.5 Å². The van der Waals surface area contributed by atoms with Gasteiger partial charge in [0, 0.05) is 23.8 Å². The minimum Gasteiger partial charge on any atom is -0.305 e. The lowest BCUT2D eigenvalue weighted by Gasteiger charge is -2.14. The monoisotopic (exact) mass is 260 g/mol. The molecule has 0 saturated heterocycles. The Labute approximate surface area is 113 Å². The largest absolute Gasteiger partial charge is 0.305 e. The third-order valence-corrected chi connectivity index (χ3v) is 3.32. The molecule has 0 aliphatic heterocycles. The second-order valence-corrected chi connectivity index (χ2v) is 4.86. The van der Waals surface area contributed by atoms with Crippen molar-refractivity contribution >= 4 is 11.6 Å². The molecule has 0 spiro atoms. The molecule has 2 nitrogen and oxygen atoms in total. The Balaban J connectivity index is 1.98. The molecule has 1 aromatic heterocycles. The van der Waals surface area contributed by atoms with Crippen LogP contribution in [0.5, 0.6) is 0 Å². The molecule has 18 heavy (non-hydrogen) atoms. The van der Waals surface area contributed by atoms with E-state index >= 15 is 0 Å². The molecule has 2 rings (SSSR count). The van der Waals surface area contributed by atoms with Gasteiger partial charge in [0.25, 0.3) is 0 Å². The summed E-state index contributed by atoms with van der Waals surface area (Å²) in [5.41, 5.74) is 3.54. The van der Waals surface area contributed by atoms with E-state index in [1.54, 1.807) is 0 Å². The van der Waals surface area contributed by atoms with Crippen LogP contribution < -0.4 is 5.32 Å². The Hall–Kier alpha value is -1.38. The molecule has 0 bridgehead atoms. The van der Waals surface area contributed by atoms with Gasteiger partial charge >= 0.3 is 0 Å². The van der Waals surface area contributed by atoms with Crippen LogP contribution in [0.3, 0.4) is 0 Å². The van der Waals surface area contributed by atoms with E-state index in [4.69, 9.17) is 11.6 Å². The third-order valence-electron chi connectivity index (χ3n) is 3.06. The van der Waals surface area contributed by atoms with E-state index in [-0.39, 0.29) is 6.04 Å². The summed E-state index contributed by atoms with van der Waals surface area (Å²) >= 11 is 5.88. The summed E-state index contributed by atoms with van der Waals surface area (Å²) in [7, 11) is 0. The number of hydrogen-bond donors (Lipinski definition) is 1. The second-order valence-electron chi connectivity index (χ2n) is 4.42. The Bertz CT molecular complexity index is 508. The maximum Gasteiger partial charge on any atom is 0.0570 e. The topological polar surface area (TPSA) is 24.9 Å². The fourth-order valence-electron chi connectivity index (χ4n) is 1.82. The van der Waals surface area contributed by atoms with E-state index in [1.165, 1.54) is 11.1 Å². The summed E-state index contributed by atoms with van der Waals surface area (Å²) in [5.74, 6) is 0. The number of pyridine rings is 1. The van der Waals surface area contributed by atoms with Crippen LogP contribution in [-0.4, -0.2) is 4.98 Å². The number of aromatic nitrogens is 1. The predicted molar refractivity (Wildman–Crippen MR) is 75.7 cm³/mol. The van der Waals surface area contributed by atoms with Crippen LogP contribution in [0.25, 0.3) is 0 Å². The van der Waals surface area contributed by atoms with E-state index in [0.29, 0.717) is 0 Å². The smallest absolute Gasteiger partial charge is 0.0570 e. The van der Waals surface area contributed by atoms with E-state index in [2.05, 4.69) is 30.2 Å². The molecule has 0 aliphatic rings. The van der Waals surface area contributed by atoms with Crippen LogP contribution in [0.4, 0.5) is 0 Å². The number of nitrogens with zero attached hydrogens (tertiary/aromatic N) is 1. The van der Waals surface area contributed by atoms with Crippen LogP contribution in [0, 0.1) is 6.92 Å². The van der Waals surface area contributed by atoms with Gasteiger partial charge in [0.2, 0.25) is 0 Å². The van der Waals surface area contributed by atoms with Crippen molar-refractivity contribution in [3.8, 4) is 0 Å². The summed E-state index contributed by atoms with van der Waals surface area (Å²) < 4.78 is 0. The van der Waals surface area contributed by atoms with E-state index in [0.717, 1.165) is 17.3 Å². The average Bonchev–Trinajstić information content (AvgIpc) is 2.38. The first kappa shape index (κ1) is 13.1. The number of hydrogen-bond acceptors (Lipinski definition) is 2. The summed E-state index contributed by atoms with van der Waals surface area (Å²) in [4.78, 5) is 4.37. The number of rotatable bonds is 4. The number of aryl methyl sites for hydroxylation is 1. The highest BCUT2D eigenvalue weighted by atomic mass is 35.5. The minimum absolute atomic E-state index is 0.281. The van der Waals surface area contributed by atoms with Gasteiger partial charge in [-0.1, -0.05) is 29.8 Å². The predicted octanol–water partition coefficient (Wildman–Crippen LogP) is 3.89. The fraction of sp³-hybridized carbons (Fsp3) is 0.267. The first-order chi connectivity index (χ1) is 8.66. The van der Waals surface area contributed by atoms with Crippen molar-refractivity contribution in [2.75, 3.05) is 0 Å². The molecule has 1 aromatic carbocycles. The Morgan fingerprint density at radius 1 is 1.22 bits per heavy atom. The molecule has 0 saturated carbocycles. The zero-order valence-electron chi connectivity index (χ0n) is 10.7. The highest BCUT2D eigenvalue weighted by molar-refractivity contribution is 6.30. The summed E-state index contributed by atoms with van der Waals surface area (Å²) in [6.07, 6.45) is 1.83. The number of benzene rings is 1. The highest BCUT2D eigenvalue weighted by Gasteiger charge is 2.06. The van der Waals surface area contributed by atoms with Gasteiger partial charge < -0.3 is 5.32 Å². The molecule has 94 valence electrons. The summed E-state index contributed by atoms with van der Waals surface area (Å²) in [6.45, 7) is 4.99. The van der Waals surface area contributed by atoms with Crippen LogP contribution >= 0.6 is 11.6 Å². The van der Waals surface area contributed by atoms with Gasteiger partial charge in [-0.15, -0.1) is 0 Å². The molecule has 0 radical (unpaired) electrons. The van der Waals surface area contributed by atoms with Crippen molar-refractivity contribution < 1.29 is 0 Å². The molecule has 0 aliphatic carbocycles. The zero-order chi connectivity index (χ0) is 13.0. The van der Waals surface area contributed by atoms with Crippen LogP contribution in [0.2, 0.25) is 5.02 Å². The normalized spacial score (nSPS) is 12.4. The van der Waals surface area contributed by atoms with Gasteiger partial charge in [0.15, 0.2) is 0 Å². The third kappa shape index (κ3) is 3.31. The first-order valence-corrected chi connectivity index (χ1v) is 6.44. The lowest BCUT2D eigenvalue weighted by Crippen LogP contribution is -2.19. The summed E-state index contributed by atoms with van der Waals surface area (Å²) in [5, 5.41) is 4.24. The van der Waals surface area contributed by atoms with Gasteiger partial charge in [-0.25, -0.2) is 0 Å². The molecule has 1 N–H and O–H groups in total. The van der Waals surface area contributed by atoms with Gasteiger partial charge in [-0.2, -0.15) is 0 Å². The highest BCUT2D eigenvalue weighted by Crippen LogP contribution is 2.16. The molecule has 3 heteroatoms. The maximum atomic E-state index is 5.88.